The van der Waals surface area contributed by atoms with E-state index in [2.05, 4.69) is 29.1 Å². The Morgan fingerprint density at radius 1 is 1.32 bits per heavy atom. The third-order valence-corrected chi connectivity index (χ3v) is 4.05. The summed E-state index contributed by atoms with van der Waals surface area (Å²) in [7, 11) is 3.59. The van der Waals surface area contributed by atoms with Crippen molar-refractivity contribution in [3.8, 4) is 0 Å². The summed E-state index contributed by atoms with van der Waals surface area (Å²) in [5, 5.41) is 3.11. The lowest BCUT2D eigenvalue weighted by molar-refractivity contribution is 0.180. The number of hydrogen-bond donors (Lipinski definition) is 1. The maximum atomic E-state index is 5.18. The second kappa shape index (κ2) is 5.87. The highest BCUT2D eigenvalue weighted by molar-refractivity contribution is 5.35. The average Bonchev–Trinajstić information content (AvgIpc) is 2.38. The molecule has 1 fully saturated rings. The van der Waals surface area contributed by atoms with E-state index in [4.69, 9.17) is 4.74 Å². The standard InChI is InChI=1S/C15H25N3O/c1-15(2)7-5-11(6-8-15)14-17-12(10-19-4)9-13(16-3)18-14/h9,11H,5-8,10H2,1-4H3,(H,16,17,18). The van der Waals surface area contributed by atoms with E-state index in [9.17, 15) is 0 Å². The van der Waals surface area contributed by atoms with E-state index >= 15 is 0 Å². The van der Waals surface area contributed by atoms with Gasteiger partial charge in [-0.15, -0.1) is 0 Å². The fourth-order valence-electron chi connectivity index (χ4n) is 2.71. The molecule has 1 N–H and O–H groups in total. The number of hydrogen-bond acceptors (Lipinski definition) is 4. The highest BCUT2D eigenvalue weighted by Gasteiger charge is 2.29. The molecule has 0 atom stereocenters. The van der Waals surface area contributed by atoms with Gasteiger partial charge < -0.3 is 10.1 Å². The van der Waals surface area contributed by atoms with Gasteiger partial charge in [-0.05, 0) is 31.1 Å². The molecule has 0 bridgehead atoms. The molecule has 0 saturated heterocycles. The molecule has 1 heterocycles. The lowest BCUT2D eigenvalue weighted by atomic mass is 9.73. The molecule has 106 valence electrons. The van der Waals surface area contributed by atoms with E-state index < -0.39 is 0 Å². The van der Waals surface area contributed by atoms with Gasteiger partial charge in [-0.25, -0.2) is 9.97 Å². The second-order valence-electron chi connectivity index (χ2n) is 6.22. The quantitative estimate of drug-likeness (QED) is 0.905. The van der Waals surface area contributed by atoms with Crippen LogP contribution in [0.5, 0.6) is 0 Å². The Morgan fingerprint density at radius 2 is 2.00 bits per heavy atom. The molecule has 0 aromatic carbocycles. The minimum absolute atomic E-state index is 0.479. The number of rotatable bonds is 4. The fourth-order valence-corrected chi connectivity index (χ4v) is 2.71. The molecule has 1 aromatic heterocycles. The van der Waals surface area contributed by atoms with E-state index in [1.54, 1.807) is 7.11 Å². The topological polar surface area (TPSA) is 47.0 Å². The van der Waals surface area contributed by atoms with Gasteiger partial charge in [-0.1, -0.05) is 13.8 Å². The Hall–Kier alpha value is -1.16. The average molecular weight is 263 g/mol. The first-order chi connectivity index (χ1) is 9.04. The first-order valence-corrected chi connectivity index (χ1v) is 7.08. The van der Waals surface area contributed by atoms with Crippen LogP contribution < -0.4 is 5.32 Å². The van der Waals surface area contributed by atoms with Gasteiger partial charge in [0.25, 0.3) is 0 Å². The Morgan fingerprint density at radius 3 is 2.58 bits per heavy atom. The summed E-state index contributed by atoms with van der Waals surface area (Å²) in [4.78, 5) is 9.29. The number of nitrogens with zero attached hydrogens (tertiary/aromatic N) is 2. The zero-order valence-corrected chi connectivity index (χ0v) is 12.5. The van der Waals surface area contributed by atoms with E-state index in [1.165, 1.54) is 25.7 Å². The van der Waals surface area contributed by atoms with Crippen molar-refractivity contribution in [2.45, 2.75) is 52.1 Å². The molecule has 0 aliphatic heterocycles. The molecule has 1 saturated carbocycles. The second-order valence-corrected chi connectivity index (χ2v) is 6.22. The van der Waals surface area contributed by atoms with Crippen molar-refractivity contribution in [2.24, 2.45) is 5.41 Å². The zero-order chi connectivity index (χ0) is 13.9. The molecule has 1 aromatic rings. The van der Waals surface area contributed by atoms with Gasteiger partial charge in [0.15, 0.2) is 0 Å². The molecule has 1 aliphatic carbocycles. The number of aromatic nitrogens is 2. The predicted molar refractivity (Wildman–Crippen MR) is 77.3 cm³/mol. The molecule has 4 heteroatoms. The summed E-state index contributed by atoms with van der Waals surface area (Å²) < 4.78 is 5.18. The number of methoxy groups -OCH3 is 1. The first kappa shape index (κ1) is 14.3. The summed E-state index contributed by atoms with van der Waals surface area (Å²) in [6.45, 7) is 5.25. The van der Waals surface area contributed by atoms with E-state index in [0.717, 1.165) is 17.3 Å². The number of nitrogens with one attached hydrogen (secondary N) is 1. The van der Waals surface area contributed by atoms with Crippen LogP contribution in [0.25, 0.3) is 0 Å². The van der Waals surface area contributed by atoms with Crippen LogP contribution in [0.3, 0.4) is 0 Å². The van der Waals surface area contributed by atoms with Crippen molar-refractivity contribution in [3.05, 3.63) is 17.6 Å². The van der Waals surface area contributed by atoms with Gasteiger partial charge >= 0.3 is 0 Å². The van der Waals surface area contributed by atoms with Gasteiger partial charge in [-0.2, -0.15) is 0 Å². The first-order valence-electron chi connectivity index (χ1n) is 7.08. The lowest BCUT2D eigenvalue weighted by Gasteiger charge is -2.33. The van der Waals surface area contributed by atoms with Crippen LogP contribution in [-0.2, 0) is 11.3 Å². The smallest absolute Gasteiger partial charge is 0.134 e. The predicted octanol–water partition coefficient (Wildman–Crippen LogP) is 3.35. The van der Waals surface area contributed by atoms with Crippen molar-refractivity contribution < 1.29 is 4.74 Å². The number of ether oxygens (including phenoxy) is 1. The summed E-state index contributed by atoms with van der Waals surface area (Å²) in [5.41, 5.74) is 1.44. The summed E-state index contributed by atoms with van der Waals surface area (Å²) in [6.07, 6.45) is 4.88. The van der Waals surface area contributed by atoms with Crippen LogP contribution in [0.1, 0.15) is 57.0 Å². The minimum Gasteiger partial charge on any atom is -0.378 e. The third kappa shape index (κ3) is 3.66. The van der Waals surface area contributed by atoms with Crippen molar-refractivity contribution in [2.75, 3.05) is 19.5 Å². The largest absolute Gasteiger partial charge is 0.378 e. The van der Waals surface area contributed by atoms with Crippen LogP contribution in [0.15, 0.2) is 6.07 Å². The maximum absolute atomic E-state index is 5.18. The monoisotopic (exact) mass is 263 g/mol. The molecule has 0 amide bonds. The molecule has 0 spiro atoms. The minimum atomic E-state index is 0.479. The van der Waals surface area contributed by atoms with Gasteiger partial charge in [0.05, 0.1) is 12.3 Å². The maximum Gasteiger partial charge on any atom is 0.134 e. The van der Waals surface area contributed by atoms with Crippen molar-refractivity contribution in [3.63, 3.8) is 0 Å². The zero-order valence-electron chi connectivity index (χ0n) is 12.5. The number of anilines is 1. The summed E-state index contributed by atoms with van der Waals surface area (Å²) in [5.74, 6) is 2.37. The summed E-state index contributed by atoms with van der Waals surface area (Å²) in [6, 6.07) is 1.96. The van der Waals surface area contributed by atoms with E-state index in [1.807, 2.05) is 13.1 Å². The van der Waals surface area contributed by atoms with E-state index in [0.29, 0.717) is 17.9 Å². The Bertz CT molecular complexity index is 421. The van der Waals surface area contributed by atoms with Gasteiger partial charge in [-0.3, -0.25) is 0 Å². The lowest BCUT2D eigenvalue weighted by Crippen LogP contribution is -2.22. The Kier molecular flexibility index (Phi) is 4.40. The van der Waals surface area contributed by atoms with Crippen molar-refractivity contribution >= 4 is 5.82 Å². The Balaban J connectivity index is 2.17. The molecular weight excluding hydrogens is 238 g/mol. The molecule has 4 nitrogen and oxygen atoms in total. The van der Waals surface area contributed by atoms with Gasteiger partial charge in [0.2, 0.25) is 0 Å². The summed E-state index contributed by atoms with van der Waals surface area (Å²) >= 11 is 0. The van der Waals surface area contributed by atoms with Crippen LogP contribution in [-0.4, -0.2) is 24.1 Å². The van der Waals surface area contributed by atoms with Crippen LogP contribution >= 0.6 is 0 Å². The van der Waals surface area contributed by atoms with Gasteiger partial charge in [0, 0.05) is 26.1 Å². The highest BCUT2D eigenvalue weighted by atomic mass is 16.5. The molecule has 0 unspecified atom stereocenters. The molecule has 1 aliphatic rings. The Labute approximate surface area is 116 Å². The fraction of sp³-hybridized carbons (Fsp3) is 0.733. The third-order valence-electron chi connectivity index (χ3n) is 4.05. The van der Waals surface area contributed by atoms with Gasteiger partial charge in [0.1, 0.15) is 11.6 Å². The van der Waals surface area contributed by atoms with Crippen LogP contribution in [0.4, 0.5) is 5.82 Å². The molecule has 0 radical (unpaired) electrons. The highest BCUT2D eigenvalue weighted by Crippen LogP contribution is 2.41. The molecular formula is C15H25N3O. The normalized spacial score (nSPS) is 19.4. The molecule has 2 rings (SSSR count). The SMILES string of the molecule is CNc1cc(COC)nc(C2CCC(C)(C)CC2)n1. The van der Waals surface area contributed by atoms with Crippen LogP contribution in [0, 0.1) is 5.41 Å². The van der Waals surface area contributed by atoms with Crippen molar-refractivity contribution in [1.82, 2.24) is 9.97 Å². The van der Waals surface area contributed by atoms with Crippen LogP contribution in [0.2, 0.25) is 0 Å². The van der Waals surface area contributed by atoms with Crippen molar-refractivity contribution in [1.29, 1.82) is 0 Å². The van der Waals surface area contributed by atoms with E-state index in [-0.39, 0.29) is 0 Å². The molecule has 19 heavy (non-hydrogen) atoms.